The van der Waals surface area contributed by atoms with Crippen LogP contribution in [-0.2, 0) is 9.47 Å². The minimum Gasteiger partial charge on any atom is -0.381 e. The molecule has 1 rings (SSSR count). The van der Waals surface area contributed by atoms with Crippen molar-refractivity contribution in [3.8, 4) is 0 Å². The molecule has 0 bridgehead atoms. The predicted molar refractivity (Wildman–Crippen MR) is 27.4 cm³/mol. The van der Waals surface area contributed by atoms with Crippen molar-refractivity contribution < 1.29 is 49.4 Å². The Hall–Kier alpha value is -1.29. The molecule has 0 amide bonds. The van der Waals surface area contributed by atoms with Crippen LogP contribution in [-0.4, -0.2) is 30.2 Å². The highest BCUT2D eigenvalue weighted by molar-refractivity contribution is 5.64. The zero-order valence-corrected chi connectivity index (χ0v) is 6.75. The van der Waals surface area contributed by atoms with Crippen molar-refractivity contribution in [2.24, 2.45) is 0 Å². The van der Waals surface area contributed by atoms with Crippen molar-refractivity contribution >= 4 is 6.16 Å². The minimum atomic E-state index is -6.44. The third-order valence-electron chi connectivity index (χ3n) is 1.59. The van der Waals surface area contributed by atoms with E-state index in [4.69, 9.17) is 0 Å². The van der Waals surface area contributed by atoms with Gasteiger partial charge in [-0.3, -0.25) is 0 Å². The van der Waals surface area contributed by atoms with Gasteiger partial charge in [0.1, 0.15) is 0 Å². The molecule has 0 aromatic rings. The summed E-state index contributed by atoms with van der Waals surface area (Å²) in [5, 5.41) is 0. The van der Waals surface area contributed by atoms with Crippen LogP contribution in [0.1, 0.15) is 0 Å². The molecule has 0 aromatic carbocycles. The average Bonchev–Trinajstić information content (AvgIpc) is 2.21. The SMILES string of the molecule is O=C1OC(F)(C(F)(F)F)[C@@](F)(C(F)(F)F)O1. The van der Waals surface area contributed by atoms with Crippen LogP contribution in [0.15, 0.2) is 0 Å². The highest BCUT2D eigenvalue weighted by Crippen LogP contribution is 2.56. The van der Waals surface area contributed by atoms with Crippen molar-refractivity contribution in [3.63, 3.8) is 0 Å². The molecule has 1 aliphatic rings. The molecule has 1 unspecified atom stereocenters. The maximum Gasteiger partial charge on any atom is 0.514 e. The molecule has 0 saturated carbocycles. The van der Waals surface area contributed by atoms with Crippen LogP contribution >= 0.6 is 0 Å². The number of halogens is 8. The molecule has 1 aliphatic heterocycles. The largest absolute Gasteiger partial charge is 0.514 e. The minimum absolute atomic E-state index is 2.61. The normalized spacial score (nSPS) is 35.9. The number of hydrogen-bond acceptors (Lipinski definition) is 3. The number of hydrogen-bond donors (Lipinski definition) is 0. The van der Waals surface area contributed by atoms with Gasteiger partial charge in [-0.2, -0.15) is 35.1 Å². The van der Waals surface area contributed by atoms with Crippen molar-refractivity contribution in [1.82, 2.24) is 0 Å². The Balaban J connectivity index is 3.34. The molecule has 0 aromatic heterocycles. The Bertz CT molecular complexity index is 291. The number of alkyl halides is 8. The molecule has 0 spiro atoms. The number of cyclic esters (lactones) is 2. The number of ether oxygens (including phenoxy) is 2. The fraction of sp³-hybridized carbons (Fsp3) is 0.800. The van der Waals surface area contributed by atoms with Gasteiger partial charge in [0.25, 0.3) is 0 Å². The molecule has 1 heterocycles. The molecule has 0 radical (unpaired) electrons. The van der Waals surface area contributed by atoms with Gasteiger partial charge in [0.2, 0.25) is 0 Å². The highest BCUT2D eigenvalue weighted by atomic mass is 19.4. The monoisotopic (exact) mass is 260 g/mol. The molecule has 16 heavy (non-hydrogen) atoms. The smallest absolute Gasteiger partial charge is 0.381 e. The van der Waals surface area contributed by atoms with Gasteiger partial charge in [-0.1, -0.05) is 0 Å². The van der Waals surface area contributed by atoms with Gasteiger partial charge in [0.05, 0.1) is 0 Å². The first-order valence-electron chi connectivity index (χ1n) is 3.28. The fourth-order valence-corrected chi connectivity index (χ4v) is 0.862. The van der Waals surface area contributed by atoms with E-state index < -0.39 is 30.2 Å². The summed E-state index contributed by atoms with van der Waals surface area (Å²) in [5.74, 6) is -11.8. The average molecular weight is 260 g/mol. The van der Waals surface area contributed by atoms with Crippen LogP contribution in [0.2, 0.25) is 0 Å². The maximum atomic E-state index is 12.8. The first-order chi connectivity index (χ1) is 6.85. The number of carbonyl (C=O) groups excluding carboxylic acids is 1. The Labute approximate surface area is 80.9 Å². The van der Waals surface area contributed by atoms with Crippen LogP contribution in [0.25, 0.3) is 0 Å². The van der Waals surface area contributed by atoms with Crippen molar-refractivity contribution in [1.29, 1.82) is 0 Å². The van der Waals surface area contributed by atoms with E-state index in [1.807, 2.05) is 0 Å². The molecule has 3 nitrogen and oxygen atoms in total. The summed E-state index contributed by atoms with van der Waals surface area (Å²) in [5.41, 5.74) is 0. The summed E-state index contributed by atoms with van der Waals surface area (Å²) in [6, 6.07) is 0. The fourth-order valence-electron chi connectivity index (χ4n) is 0.862. The Morgan fingerprint density at radius 3 is 1.25 bits per heavy atom. The van der Waals surface area contributed by atoms with Gasteiger partial charge in [-0.15, -0.1) is 0 Å². The van der Waals surface area contributed by atoms with E-state index in [0.717, 1.165) is 0 Å². The quantitative estimate of drug-likeness (QED) is 0.496. The van der Waals surface area contributed by atoms with E-state index >= 15 is 0 Å². The van der Waals surface area contributed by atoms with Crippen molar-refractivity contribution in [2.75, 3.05) is 0 Å². The van der Waals surface area contributed by atoms with Gasteiger partial charge in [-0.05, 0) is 0 Å². The lowest BCUT2D eigenvalue weighted by Gasteiger charge is -2.30. The van der Waals surface area contributed by atoms with Crippen LogP contribution in [0.5, 0.6) is 0 Å². The molecule has 2 atom stereocenters. The topological polar surface area (TPSA) is 35.5 Å². The number of rotatable bonds is 0. The van der Waals surface area contributed by atoms with Crippen LogP contribution in [0.4, 0.5) is 39.9 Å². The lowest BCUT2D eigenvalue weighted by atomic mass is 10.1. The zero-order valence-electron chi connectivity index (χ0n) is 6.75. The second-order valence-electron chi connectivity index (χ2n) is 2.64. The van der Waals surface area contributed by atoms with Gasteiger partial charge in [0.15, 0.2) is 0 Å². The second kappa shape index (κ2) is 2.88. The molecule has 1 fully saturated rings. The Kier molecular flexibility index (Phi) is 2.30. The van der Waals surface area contributed by atoms with Gasteiger partial charge < -0.3 is 9.47 Å². The molecule has 1 saturated heterocycles. The first-order valence-corrected chi connectivity index (χ1v) is 3.28. The summed E-state index contributed by atoms with van der Waals surface area (Å²) in [6.07, 6.45) is -15.6. The number of carbonyl (C=O) groups is 1. The maximum absolute atomic E-state index is 12.8. The summed E-state index contributed by atoms with van der Waals surface area (Å²) < 4.78 is 102. The molecule has 94 valence electrons. The molecule has 11 heteroatoms. The van der Waals surface area contributed by atoms with Gasteiger partial charge in [0, 0.05) is 0 Å². The third kappa shape index (κ3) is 1.37. The summed E-state index contributed by atoms with van der Waals surface area (Å²) in [7, 11) is 0. The Morgan fingerprint density at radius 2 is 1.06 bits per heavy atom. The van der Waals surface area contributed by atoms with Crippen molar-refractivity contribution in [2.45, 2.75) is 24.1 Å². The van der Waals surface area contributed by atoms with E-state index in [1.54, 1.807) is 0 Å². The van der Waals surface area contributed by atoms with Crippen LogP contribution < -0.4 is 0 Å². The first kappa shape index (κ1) is 12.8. The standard InChI is InChI=1S/C5F8O3/c6-2(4(8,9)10)3(7,5(11,12)13)16-1(14)15-2/t2-,3?/m0/s1. The van der Waals surface area contributed by atoms with Gasteiger partial charge >= 0.3 is 30.2 Å². The van der Waals surface area contributed by atoms with Crippen molar-refractivity contribution in [3.05, 3.63) is 0 Å². The van der Waals surface area contributed by atoms with Gasteiger partial charge in [-0.25, -0.2) is 4.79 Å². The van der Waals surface area contributed by atoms with E-state index in [2.05, 4.69) is 9.47 Å². The zero-order chi connectivity index (χ0) is 13.0. The van der Waals surface area contributed by atoms with Crippen LogP contribution in [0, 0.1) is 0 Å². The van der Waals surface area contributed by atoms with Crippen LogP contribution in [0.3, 0.4) is 0 Å². The molecule has 0 N–H and O–H groups in total. The second-order valence-corrected chi connectivity index (χ2v) is 2.64. The molecular formula is C5F8O3. The molecule has 0 aliphatic carbocycles. The van der Waals surface area contributed by atoms with E-state index in [-0.39, 0.29) is 0 Å². The molecular weight excluding hydrogens is 260 g/mol. The summed E-state index contributed by atoms with van der Waals surface area (Å²) in [6.45, 7) is 0. The summed E-state index contributed by atoms with van der Waals surface area (Å²) in [4.78, 5) is 10.0. The lowest BCUT2D eigenvalue weighted by Crippen LogP contribution is -2.62. The van der Waals surface area contributed by atoms with E-state index in [1.165, 1.54) is 0 Å². The predicted octanol–water partition coefficient (Wildman–Crippen LogP) is 2.61. The van der Waals surface area contributed by atoms with E-state index in [9.17, 15) is 39.9 Å². The van der Waals surface area contributed by atoms with E-state index in [0.29, 0.717) is 0 Å². The summed E-state index contributed by atoms with van der Waals surface area (Å²) >= 11 is 0. The third-order valence-corrected chi connectivity index (χ3v) is 1.59. The Morgan fingerprint density at radius 1 is 0.812 bits per heavy atom. The highest BCUT2D eigenvalue weighted by Gasteiger charge is 2.89. The lowest BCUT2D eigenvalue weighted by molar-refractivity contribution is -0.422.